The van der Waals surface area contributed by atoms with Gasteiger partial charge in [0, 0.05) is 20.7 Å². The molecule has 0 aliphatic carbocycles. The Hall–Kier alpha value is -0.490. The lowest BCUT2D eigenvalue weighted by atomic mass is 10.3. The van der Waals surface area contributed by atoms with Crippen molar-refractivity contribution < 1.29 is 22.7 Å². The van der Waals surface area contributed by atoms with E-state index in [0.717, 1.165) is 4.90 Å². The Balaban J connectivity index is 3.99. The topological polar surface area (TPSA) is 29.5 Å². The molecule has 1 amide bonds. The average molecular weight is 248 g/mol. The first-order chi connectivity index (χ1) is 6.76. The summed E-state index contributed by atoms with van der Waals surface area (Å²) >= 11 is 5.69. The van der Waals surface area contributed by atoms with Gasteiger partial charge in [-0.15, -0.1) is 11.6 Å². The minimum absolute atomic E-state index is 0.0321. The molecule has 0 bridgehead atoms. The van der Waals surface area contributed by atoms with Crippen molar-refractivity contribution in [2.45, 2.75) is 18.0 Å². The van der Waals surface area contributed by atoms with Crippen LogP contribution in [0.25, 0.3) is 0 Å². The van der Waals surface area contributed by atoms with Gasteiger partial charge >= 0.3 is 6.18 Å². The van der Waals surface area contributed by atoms with Gasteiger partial charge in [-0.3, -0.25) is 4.79 Å². The van der Waals surface area contributed by atoms with Gasteiger partial charge in [0.2, 0.25) is 5.91 Å². The second kappa shape index (κ2) is 6.17. The van der Waals surface area contributed by atoms with Crippen LogP contribution in [-0.4, -0.2) is 49.7 Å². The molecule has 1 unspecified atom stereocenters. The molecule has 7 heteroatoms. The SMILES string of the molecule is COCC(Cl)CN(C)C(=O)CC(F)(F)F. The molecule has 0 aliphatic rings. The highest BCUT2D eigenvalue weighted by Crippen LogP contribution is 2.20. The molecular weight excluding hydrogens is 235 g/mol. The van der Waals surface area contributed by atoms with E-state index >= 15 is 0 Å². The maximum atomic E-state index is 11.8. The van der Waals surface area contributed by atoms with Crippen LogP contribution in [0.2, 0.25) is 0 Å². The van der Waals surface area contributed by atoms with Gasteiger partial charge in [-0.05, 0) is 0 Å². The van der Waals surface area contributed by atoms with Crippen molar-refractivity contribution in [2.75, 3.05) is 27.3 Å². The molecule has 90 valence electrons. The van der Waals surface area contributed by atoms with Gasteiger partial charge in [0.1, 0.15) is 6.42 Å². The van der Waals surface area contributed by atoms with E-state index in [-0.39, 0.29) is 13.2 Å². The minimum atomic E-state index is -4.48. The third-order valence-corrected chi connectivity index (χ3v) is 1.86. The van der Waals surface area contributed by atoms with Crippen LogP contribution in [0.4, 0.5) is 13.2 Å². The molecular formula is C8H13ClF3NO2. The number of hydrogen-bond donors (Lipinski definition) is 0. The third-order valence-electron chi connectivity index (χ3n) is 1.60. The Morgan fingerprint density at radius 2 is 2.07 bits per heavy atom. The van der Waals surface area contributed by atoms with E-state index in [4.69, 9.17) is 16.3 Å². The van der Waals surface area contributed by atoms with Crippen molar-refractivity contribution in [3.8, 4) is 0 Å². The highest BCUT2D eigenvalue weighted by atomic mass is 35.5. The highest BCUT2D eigenvalue weighted by Gasteiger charge is 2.32. The fraction of sp³-hybridized carbons (Fsp3) is 0.875. The van der Waals surface area contributed by atoms with Crippen LogP contribution in [0.15, 0.2) is 0 Å². The molecule has 15 heavy (non-hydrogen) atoms. The van der Waals surface area contributed by atoms with Crippen LogP contribution >= 0.6 is 11.6 Å². The molecule has 0 aromatic rings. The van der Waals surface area contributed by atoms with Gasteiger partial charge in [0.15, 0.2) is 0 Å². The van der Waals surface area contributed by atoms with Crippen LogP contribution in [0.3, 0.4) is 0 Å². The summed E-state index contributed by atoms with van der Waals surface area (Å²) in [5.74, 6) is -0.996. The standard InChI is InChI=1S/C8H13ClF3NO2/c1-13(4-6(9)5-15-2)7(14)3-8(10,11)12/h6H,3-5H2,1-2H3. The predicted molar refractivity (Wildman–Crippen MR) is 49.8 cm³/mol. The van der Waals surface area contributed by atoms with Gasteiger partial charge in [0.05, 0.1) is 12.0 Å². The number of carbonyl (C=O) groups is 1. The number of ether oxygens (including phenoxy) is 1. The molecule has 0 saturated carbocycles. The van der Waals surface area contributed by atoms with Crippen LogP contribution in [0.1, 0.15) is 6.42 Å². The Bertz CT molecular complexity index is 211. The van der Waals surface area contributed by atoms with E-state index in [0.29, 0.717) is 0 Å². The maximum absolute atomic E-state index is 11.8. The predicted octanol–water partition coefficient (Wildman–Crippen LogP) is 1.65. The Labute approximate surface area is 91.1 Å². The molecule has 0 rings (SSSR count). The average Bonchev–Trinajstić information content (AvgIpc) is 2.00. The van der Waals surface area contributed by atoms with Crippen LogP contribution in [-0.2, 0) is 9.53 Å². The minimum Gasteiger partial charge on any atom is -0.383 e. The Morgan fingerprint density at radius 3 is 2.47 bits per heavy atom. The number of methoxy groups -OCH3 is 1. The zero-order valence-electron chi connectivity index (χ0n) is 8.47. The van der Waals surface area contributed by atoms with E-state index in [1.54, 1.807) is 0 Å². The number of alkyl halides is 4. The van der Waals surface area contributed by atoms with Crippen LogP contribution in [0.5, 0.6) is 0 Å². The molecule has 0 aromatic heterocycles. The number of halogens is 4. The summed E-state index contributed by atoms with van der Waals surface area (Å²) < 4.78 is 40.2. The van der Waals surface area contributed by atoms with Crippen LogP contribution < -0.4 is 0 Å². The molecule has 0 heterocycles. The van der Waals surface area contributed by atoms with E-state index in [1.807, 2.05) is 0 Å². The summed E-state index contributed by atoms with van der Waals surface area (Å²) in [7, 11) is 2.70. The normalized spacial score (nSPS) is 13.7. The van der Waals surface area contributed by atoms with E-state index in [2.05, 4.69) is 0 Å². The van der Waals surface area contributed by atoms with Crippen molar-refractivity contribution in [1.29, 1.82) is 0 Å². The molecule has 3 nitrogen and oxygen atoms in total. The molecule has 0 N–H and O–H groups in total. The Kier molecular flexibility index (Phi) is 5.97. The number of hydrogen-bond acceptors (Lipinski definition) is 2. The zero-order chi connectivity index (χ0) is 12.1. The molecule has 0 saturated heterocycles. The first-order valence-electron chi connectivity index (χ1n) is 4.20. The summed E-state index contributed by atoms with van der Waals surface area (Å²) in [5.41, 5.74) is 0. The number of amides is 1. The number of rotatable bonds is 5. The first kappa shape index (κ1) is 14.5. The van der Waals surface area contributed by atoms with Gasteiger partial charge < -0.3 is 9.64 Å². The molecule has 0 aliphatic heterocycles. The molecule has 0 spiro atoms. The van der Waals surface area contributed by atoms with Crippen molar-refractivity contribution in [1.82, 2.24) is 4.90 Å². The molecule has 0 radical (unpaired) electrons. The number of nitrogens with zero attached hydrogens (tertiary/aromatic N) is 1. The van der Waals surface area contributed by atoms with Crippen molar-refractivity contribution in [3.63, 3.8) is 0 Å². The fourth-order valence-electron chi connectivity index (χ4n) is 0.939. The fourth-order valence-corrected chi connectivity index (χ4v) is 1.27. The third kappa shape index (κ3) is 7.44. The quantitative estimate of drug-likeness (QED) is 0.692. The second-order valence-electron chi connectivity index (χ2n) is 3.12. The molecule has 1 atom stereocenters. The first-order valence-corrected chi connectivity index (χ1v) is 4.63. The molecule has 0 fully saturated rings. The lowest BCUT2D eigenvalue weighted by Crippen LogP contribution is -2.36. The van der Waals surface area contributed by atoms with Crippen molar-refractivity contribution >= 4 is 17.5 Å². The summed E-state index contributed by atoms with van der Waals surface area (Å²) in [4.78, 5) is 12.0. The lowest BCUT2D eigenvalue weighted by Gasteiger charge is -2.20. The zero-order valence-corrected chi connectivity index (χ0v) is 9.23. The van der Waals surface area contributed by atoms with Crippen LogP contribution in [0, 0.1) is 0 Å². The van der Waals surface area contributed by atoms with Gasteiger partial charge in [-0.1, -0.05) is 0 Å². The number of carbonyl (C=O) groups excluding carboxylic acids is 1. The summed E-state index contributed by atoms with van der Waals surface area (Å²) in [6.45, 7) is 0.218. The summed E-state index contributed by atoms with van der Waals surface area (Å²) in [5, 5.41) is -0.503. The van der Waals surface area contributed by atoms with E-state index in [1.165, 1.54) is 14.2 Å². The molecule has 0 aromatic carbocycles. The lowest BCUT2D eigenvalue weighted by molar-refractivity contribution is -0.160. The summed E-state index contributed by atoms with van der Waals surface area (Å²) in [6.07, 6.45) is -5.94. The van der Waals surface area contributed by atoms with Crippen molar-refractivity contribution in [2.24, 2.45) is 0 Å². The van der Waals surface area contributed by atoms with Gasteiger partial charge in [0.25, 0.3) is 0 Å². The van der Waals surface area contributed by atoms with Crippen molar-refractivity contribution in [3.05, 3.63) is 0 Å². The highest BCUT2D eigenvalue weighted by molar-refractivity contribution is 6.21. The van der Waals surface area contributed by atoms with E-state index in [9.17, 15) is 18.0 Å². The monoisotopic (exact) mass is 247 g/mol. The van der Waals surface area contributed by atoms with E-state index < -0.39 is 23.9 Å². The smallest absolute Gasteiger partial charge is 0.383 e. The Morgan fingerprint density at radius 1 is 1.53 bits per heavy atom. The summed E-state index contributed by atoms with van der Waals surface area (Å²) in [6, 6.07) is 0. The van der Waals surface area contributed by atoms with Gasteiger partial charge in [-0.25, -0.2) is 0 Å². The second-order valence-corrected chi connectivity index (χ2v) is 3.74. The largest absolute Gasteiger partial charge is 0.397 e. The van der Waals surface area contributed by atoms with Gasteiger partial charge in [-0.2, -0.15) is 13.2 Å². The maximum Gasteiger partial charge on any atom is 0.397 e.